The zero-order valence-electron chi connectivity index (χ0n) is 12.7. The number of benzene rings is 1. The highest BCUT2D eigenvalue weighted by atomic mass is 16.1. The Morgan fingerprint density at radius 1 is 1.41 bits per heavy atom. The zero-order chi connectivity index (χ0) is 15.7. The van der Waals surface area contributed by atoms with Gasteiger partial charge in [0.25, 0.3) is 5.56 Å². The third-order valence-electron chi connectivity index (χ3n) is 4.39. The number of nitrogens with zero attached hydrogens (tertiary/aromatic N) is 2. The van der Waals surface area contributed by atoms with Gasteiger partial charge in [-0.15, -0.1) is 0 Å². The number of hydrogen-bond donors (Lipinski definition) is 2. The van der Waals surface area contributed by atoms with Crippen molar-refractivity contribution in [3.8, 4) is 0 Å². The molecular weight excluding hydrogens is 276 g/mol. The summed E-state index contributed by atoms with van der Waals surface area (Å²) in [6.45, 7) is 11.5. The summed E-state index contributed by atoms with van der Waals surface area (Å²) in [6, 6.07) is 5.56. The Kier molecular flexibility index (Phi) is 3.45. The topological polar surface area (TPSA) is 62.1 Å². The van der Waals surface area contributed by atoms with Crippen molar-refractivity contribution in [3.63, 3.8) is 0 Å². The van der Waals surface area contributed by atoms with Gasteiger partial charge >= 0.3 is 0 Å². The molecule has 1 aromatic carbocycles. The molecule has 0 aliphatic carbocycles. The number of rotatable bonds is 3. The Hall–Kier alpha value is -2.61. The molecule has 1 atom stereocenters. The van der Waals surface area contributed by atoms with Gasteiger partial charge in [0, 0.05) is 11.1 Å². The lowest BCUT2D eigenvalue weighted by Crippen LogP contribution is -2.34. The summed E-state index contributed by atoms with van der Waals surface area (Å²) in [6.07, 6.45) is 4.45. The second kappa shape index (κ2) is 5.30. The normalized spacial score (nSPS) is 18.8. The largest absolute Gasteiger partial charge is 0.349 e. The minimum Gasteiger partial charge on any atom is -0.349 e. The van der Waals surface area contributed by atoms with Crippen molar-refractivity contribution in [2.24, 2.45) is 0 Å². The van der Waals surface area contributed by atoms with E-state index in [-0.39, 0.29) is 11.0 Å². The van der Waals surface area contributed by atoms with Crippen LogP contribution in [0, 0.1) is 6.57 Å². The van der Waals surface area contributed by atoms with Gasteiger partial charge in [-0.2, -0.15) is 0 Å². The summed E-state index contributed by atoms with van der Waals surface area (Å²) in [5.41, 5.74) is 3.30. The van der Waals surface area contributed by atoms with Crippen LogP contribution in [0.15, 0.2) is 29.3 Å². The van der Waals surface area contributed by atoms with E-state index in [4.69, 9.17) is 6.57 Å². The van der Waals surface area contributed by atoms with Gasteiger partial charge in [0.15, 0.2) is 5.69 Å². The van der Waals surface area contributed by atoms with E-state index >= 15 is 0 Å². The highest BCUT2D eigenvalue weighted by Gasteiger charge is 2.38. The van der Waals surface area contributed by atoms with Crippen LogP contribution < -0.4 is 10.9 Å². The van der Waals surface area contributed by atoms with E-state index in [0.717, 1.165) is 36.2 Å². The third kappa shape index (κ3) is 2.08. The van der Waals surface area contributed by atoms with Gasteiger partial charge in [-0.05, 0) is 25.0 Å². The molecule has 2 heterocycles. The van der Waals surface area contributed by atoms with Crippen LogP contribution in [0.1, 0.15) is 44.4 Å². The molecule has 1 aromatic heterocycles. The number of aromatic amines is 1. The Morgan fingerprint density at radius 3 is 2.95 bits per heavy atom. The van der Waals surface area contributed by atoms with E-state index in [9.17, 15) is 4.79 Å². The number of H-pyrrole nitrogens is 1. The zero-order valence-corrected chi connectivity index (χ0v) is 12.7. The van der Waals surface area contributed by atoms with Crippen LogP contribution in [0.3, 0.4) is 0 Å². The quantitative estimate of drug-likeness (QED) is 0.845. The molecule has 112 valence electrons. The molecule has 0 amide bonds. The Morgan fingerprint density at radius 2 is 2.23 bits per heavy atom. The lowest BCUT2D eigenvalue weighted by atomic mass is 9.72. The van der Waals surface area contributed by atoms with Gasteiger partial charge in [0.2, 0.25) is 0 Å². The van der Waals surface area contributed by atoms with Gasteiger partial charge in [0.1, 0.15) is 5.69 Å². The fourth-order valence-corrected chi connectivity index (χ4v) is 3.15. The van der Waals surface area contributed by atoms with Crippen LogP contribution in [0.25, 0.3) is 4.85 Å². The van der Waals surface area contributed by atoms with E-state index in [0.29, 0.717) is 11.4 Å². The van der Waals surface area contributed by atoms with Crippen molar-refractivity contribution in [2.75, 3.05) is 5.32 Å². The molecule has 0 fully saturated rings. The maximum atomic E-state index is 12.2. The number of unbranched alkanes of at least 4 members (excludes halogenated alkanes) is 1. The molecule has 2 aromatic rings. The molecule has 1 aliphatic heterocycles. The smallest absolute Gasteiger partial charge is 0.274 e. The first kappa shape index (κ1) is 14.3. The molecule has 22 heavy (non-hydrogen) atoms. The van der Waals surface area contributed by atoms with Crippen molar-refractivity contribution in [1.82, 2.24) is 9.97 Å². The molecule has 0 saturated heterocycles. The summed E-state index contributed by atoms with van der Waals surface area (Å²) in [5, 5.41) is 3.18. The Bertz CT molecular complexity index is 818. The van der Waals surface area contributed by atoms with Crippen LogP contribution in [0.2, 0.25) is 0 Å². The monoisotopic (exact) mass is 294 g/mol. The van der Waals surface area contributed by atoms with Gasteiger partial charge in [-0.1, -0.05) is 31.9 Å². The maximum absolute atomic E-state index is 12.2. The first-order valence-electron chi connectivity index (χ1n) is 7.47. The Labute approximate surface area is 129 Å². The number of hydrogen-bond acceptors (Lipinski definition) is 3. The first-order chi connectivity index (χ1) is 10.6. The molecule has 1 aliphatic rings. The van der Waals surface area contributed by atoms with Crippen LogP contribution in [0.5, 0.6) is 0 Å². The van der Waals surface area contributed by atoms with Crippen molar-refractivity contribution < 1.29 is 0 Å². The minimum atomic E-state index is -0.360. The lowest BCUT2D eigenvalue weighted by molar-refractivity contribution is 0.478. The van der Waals surface area contributed by atoms with Crippen molar-refractivity contribution in [3.05, 3.63) is 57.6 Å². The van der Waals surface area contributed by atoms with Crippen LogP contribution in [0.4, 0.5) is 17.1 Å². The summed E-state index contributed by atoms with van der Waals surface area (Å²) >= 11 is 0. The molecule has 1 unspecified atom stereocenters. The Balaban J connectivity index is 2.25. The second-order valence-corrected chi connectivity index (χ2v) is 5.86. The molecule has 0 saturated carbocycles. The summed E-state index contributed by atoms with van der Waals surface area (Å²) in [4.78, 5) is 22.8. The van der Waals surface area contributed by atoms with E-state index in [1.807, 2.05) is 12.1 Å². The minimum absolute atomic E-state index is 0.160. The van der Waals surface area contributed by atoms with E-state index in [1.54, 1.807) is 6.07 Å². The lowest BCUT2D eigenvalue weighted by Gasteiger charge is -2.37. The molecule has 5 nitrogen and oxygen atoms in total. The standard InChI is InChI=1S/C17H18N4O/c1-4-5-8-17(2)12-9-11(18-3)6-7-13(12)21-14-15(17)19-10-20-16(14)22/h6-7,9-10,21H,4-5,8H2,1-2H3,(H,19,20,22). The predicted molar refractivity (Wildman–Crippen MR) is 86.8 cm³/mol. The van der Waals surface area contributed by atoms with E-state index in [2.05, 4.69) is 34.0 Å². The molecule has 5 heteroatoms. The number of aromatic nitrogens is 2. The van der Waals surface area contributed by atoms with Crippen LogP contribution in [-0.2, 0) is 5.41 Å². The van der Waals surface area contributed by atoms with E-state index in [1.165, 1.54) is 6.33 Å². The average molecular weight is 294 g/mol. The van der Waals surface area contributed by atoms with Crippen LogP contribution in [-0.4, -0.2) is 9.97 Å². The number of nitrogens with one attached hydrogen (secondary N) is 2. The SMILES string of the molecule is [C-]#[N+]c1ccc2c(c1)C(C)(CCCC)c1nc[nH]c(=O)c1N2. The summed E-state index contributed by atoms with van der Waals surface area (Å²) in [5.74, 6) is 0. The molecular formula is C17H18N4O. The fraction of sp³-hybridized carbons (Fsp3) is 0.353. The van der Waals surface area contributed by atoms with E-state index < -0.39 is 0 Å². The molecule has 0 spiro atoms. The maximum Gasteiger partial charge on any atom is 0.274 e. The highest BCUT2D eigenvalue weighted by Crippen LogP contribution is 2.47. The van der Waals surface area contributed by atoms with Crippen molar-refractivity contribution >= 4 is 17.1 Å². The van der Waals surface area contributed by atoms with Crippen molar-refractivity contribution in [1.29, 1.82) is 0 Å². The van der Waals surface area contributed by atoms with Crippen molar-refractivity contribution in [2.45, 2.75) is 38.5 Å². The van der Waals surface area contributed by atoms with Gasteiger partial charge in [0.05, 0.1) is 18.6 Å². The van der Waals surface area contributed by atoms with Gasteiger partial charge in [-0.3, -0.25) is 4.79 Å². The van der Waals surface area contributed by atoms with Gasteiger partial charge < -0.3 is 10.3 Å². The second-order valence-electron chi connectivity index (χ2n) is 5.86. The summed E-state index contributed by atoms with van der Waals surface area (Å²) in [7, 11) is 0. The third-order valence-corrected chi connectivity index (χ3v) is 4.39. The number of fused-ring (bicyclic) bond motifs is 2. The average Bonchev–Trinajstić information content (AvgIpc) is 2.54. The molecule has 0 radical (unpaired) electrons. The molecule has 2 N–H and O–H groups in total. The first-order valence-corrected chi connectivity index (χ1v) is 7.47. The fourth-order valence-electron chi connectivity index (χ4n) is 3.15. The van der Waals surface area contributed by atoms with Gasteiger partial charge in [-0.25, -0.2) is 9.83 Å². The summed E-state index contributed by atoms with van der Waals surface area (Å²) < 4.78 is 0. The molecule has 0 bridgehead atoms. The highest BCUT2D eigenvalue weighted by molar-refractivity contribution is 5.76. The predicted octanol–water partition coefficient (Wildman–Crippen LogP) is 3.87. The number of anilines is 2. The van der Waals surface area contributed by atoms with Crippen LogP contribution >= 0.6 is 0 Å². The molecule has 3 rings (SSSR count).